The Kier molecular flexibility index (Phi) is 4.18. The lowest BCUT2D eigenvalue weighted by Crippen LogP contribution is -2.39. The van der Waals surface area contributed by atoms with Crippen molar-refractivity contribution in [1.29, 1.82) is 0 Å². The molecule has 0 aromatic carbocycles. The van der Waals surface area contributed by atoms with E-state index in [1.165, 1.54) is 12.5 Å². The third-order valence-electron chi connectivity index (χ3n) is 3.85. The first-order valence-electron chi connectivity index (χ1n) is 7.25. The molecule has 1 unspecified atom stereocenters. The molecule has 1 N–H and O–H groups in total. The van der Waals surface area contributed by atoms with Gasteiger partial charge in [0.2, 0.25) is 5.91 Å². The molecule has 1 aliphatic rings. The van der Waals surface area contributed by atoms with Gasteiger partial charge in [0.25, 0.3) is 5.91 Å². The maximum atomic E-state index is 12.4. The number of furan rings is 1. The standard InChI is InChI=1S/C16H17N3O3/c20-15(10-18-16(21)13-5-9-22-11-13)19-8-1-2-14(19)12-3-6-17-7-4-12/h3-7,9,11,14H,1-2,8,10H2,(H,18,21). The van der Waals surface area contributed by atoms with Crippen LogP contribution < -0.4 is 5.32 Å². The first-order chi connectivity index (χ1) is 10.8. The first-order valence-corrected chi connectivity index (χ1v) is 7.25. The summed E-state index contributed by atoms with van der Waals surface area (Å²) in [6.07, 6.45) is 8.15. The fraction of sp³-hybridized carbons (Fsp3) is 0.312. The van der Waals surface area contributed by atoms with Crippen LogP contribution in [-0.2, 0) is 4.79 Å². The molecule has 3 heterocycles. The Morgan fingerprint density at radius 2 is 2.14 bits per heavy atom. The van der Waals surface area contributed by atoms with Crippen molar-refractivity contribution in [3.8, 4) is 0 Å². The van der Waals surface area contributed by atoms with Crippen molar-refractivity contribution in [1.82, 2.24) is 15.2 Å². The molecule has 3 rings (SSSR count). The van der Waals surface area contributed by atoms with Gasteiger partial charge in [-0.2, -0.15) is 0 Å². The lowest BCUT2D eigenvalue weighted by atomic mass is 10.1. The van der Waals surface area contributed by atoms with Crippen molar-refractivity contribution in [3.05, 3.63) is 54.2 Å². The van der Waals surface area contributed by atoms with Crippen molar-refractivity contribution in [2.45, 2.75) is 18.9 Å². The summed E-state index contributed by atoms with van der Waals surface area (Å²) in [4.78, 5) is 30.0. The highest BCUT2D eigenvalue weighted by Crippen LogP contribution is 2.31. The minimum absolute atomic E-state index is 0.00834. The van der Waals surface area contributed by atoms with Crippen LogP contribution in [0.5, 0.6) is 0 Å². The van der Waals surface area contributed by atoms with E-state index in [-0.39, 0.29) is 24.4 Å². The predicted octanol–water partition coefficient (Wildman–Crippen LogP) is 1.77. The van der Waals surface area contributed by atoms with E-state index in [0.717, 1.165) is 18.4 Å². The molecule has 114 valence electrons. The van der Waals surface area contributed by atoms with E-state index >= 15 is 0 Å². The Balaban J connectivity index is 1.61. The average Bonchev–Trinajstić information content (AvgIpc) is 3.24. The van der Waals surface area contributed by atoms with Crippen LogP contribution in [0.3, 0.4) is 0 Å². The summed E-state index contributed by atoms with van der Waals surface area (Å²) in [5.74, 6) is -0.377. The number of pyridine rings is 1. The largest absolute Gasteiger partial charge is 0.472 e. The second-order valence-corrected chi connectivity index (χ2v) is 5.22. The van der Waals surface area contributed by atoms with Gasteiger partial charge in [0.1, 0.15) is 6.26 Å². The molecule has 2 amide bonds. The summed E-state index contributed by atoms with van der Waals surface area (Å²) in [6.45, 7) is 0.707. The van der Waals surface area contributed by atoms with Gasteiger partial charge in [-0.05, 0) is 36.6 Å². The molecule has 1 fully saturated rings. The molecule has 0 saturated carbocycles. The monoisotopic (exact) mass is 299 g/mol. The Labute approximate surface area is 128 Å². The van der Waals surface area contributed by atoms with E-state index in [2.05, 4.69) is 10.3 Å². The smallest absolute Gasteiger partial charge is 0.254 e. The van der Waals surface area contributed by atoms with E-state index in [1.54, 1.807) is 18.5 Å². The molecular weight excluding hydrogens is 282 g/mol. The van der Waals surface area contributed by atoms with Crippen LogP contribution in [0, 0.1) is 0 Å². The quantitative estimate of drug-likeness (QED) is 0.933. The molecule has 2 aromatic heterocycles. The third-order valence-corrected chi connectivity index (χ3v) is 3.85. The van der Waals surface area contributed by atoms with E-state index in [1.807, 2.05) is 17.0 Å². The Morgan fingerprint density at radius 3 is 2.86 bits per heavy atom. The molecule has 22 heavy (non-hydrogen) atoms. The van der Waals surface area contributed by atoms with Gasteiger partial charge >= 0.3 is 0 Å². The summed E-state index contributed by atoms with van der Waals surface area (Å²) in [5.41, 5.74) is 1.50. The molecule has 1 atom stereocenters. The van der Waals surface area contributed by atoms with E-state index in [4.69, 9.17) is 4.42 Å². The van der Waals surface area contributed by atoms with Crippen molar-refractivity contribution >= 4 is 11.8 Å². The number of carbonyl (C=O) groups is 2. The average molecular weight is 299 g/mol. The summed E-state index contributed by atoms with van der Waals surface area (Å²) in [7, 11) is 0. The van der Waals surface area contributed by atoms with Crippen molar-refractivity contribution in [2.24, 2.45) is 0 Å². The van der Waals surface area contributed by atoms with Crippen molar-refractivity contribution in [2.75, 3.05) is 13.1 Å². The molecular formula is C16H17N3O3. The van der Waals surface area contributed by atoms with Crippen LogP contribution >= 0.6 is 0 Å². The van der Waals surface area contributed by atoms with Crippen LogP contribution in [0.1, 0.15) is 34.8 Å². The van der Waals surface area contributed by atoms with Crippen LogP contribution in [0.2, 0.25) is 0 Å². The zero-order valence-electron chi connectivity index (χ0n) is 12.1. The molecule has 0 bridgehead atoms. The summed E-state index contributed by atoms with van der Waals surface area (Å²) in [5, 5.41) is 2.63. The number of hydrogen-bond donors (Lipinski definition) is 1. The van der Waals surface area contributed by atoms with Crippen molar-refractivity contribution in [3.63, 3.8) is 0 Å². The molecule has 1 saturated heterocycles. The van der Waals surface area contributed by atoms with Crippen LogP contribution in [-0.4, -0.2) is 34.8 Å². The number of carbonyl (C=O) groups excluding carboxylic acids is 2. The number of aromatic nitrogens is 1. The van der Waals surface area contributed by atoms with Crippen LogP contribution in [0.25, 0.3) is 0 Å². The van der Waals surface area contributed by atoms with Gasteiger partial charge in [-0.25, -0.2) is 0 Å². The zero-order chi connectivity index (χ0) is 15.4. The van der Waals surface area contributed by atoms with Gasteiger partial charge in [0, 0.05) is 18.9 Å². The number of nitrogens with zero attached hydrogens (tertiary/aromatic N) is 2. The summed E-state index contributed by atoms with van der Waals surface area (Å²) in [6, 6.07) is 5.50. The molecule has 0 radical (unpaired) electrons. The highest BCUT2D eigenvalue weighted by molar-refractivity contribution is 5.96. The molecule has 0 aliphatic carbocycles. The molecule has 6 heteroatoms. The first kappa shape index (κ1) is 14.3. The van der Waals surface area contributed by atoms with Crippen molar-refractivity contribution < 1.29 is 14.0 Å². The number of hydrogen-bond acceptors (Lipinski definition) is 4. The second-order valence-electron chi connectivity index (χ2n) is 5.22. The molecule has 6 nitrogen and oxygen atoms in total. The Hall–Kier alpha value is -2.63. The number of rotatable bonds is 4. The normalized spacial score (nSPS) is 17.5. The minimum atomic E-state index is -0.304. The molecule has 1 aliphatic heterocycles. The predicted molar refractivity (Wildman–Crippen MR) is 79.0 cm³/mol. The number of amides is 2. The lowest BCUT2D eigenvalue weighted by molar-refractivity contribution is -0.131. The lowest BCUT2D eigenvalue weighted by Gasteiger charge is -2.25. The van der Waals surface area contributed by atoms with Crippen LogP contribution in [0.15, 0.2) is 47.5 Å². The van der Waals surface area contributed by atoms with E-state index in [0.29, 0.717) is 12.1 Å². The van der Waals surface area contributed by atoms with Gasteiger partial charge in [0.05, 0.1) is 24.4 Å². The van der Waals surface area contributed by atoms with E-state index in [9.17, 15) is 9.59 Å². The van der Waals surface area contributed by atoms with E-state index < -0.39 is 0 Å². The van der Waals surface area contributed by atoms with Gasteiger partial charge in [0.15, 0.2) is 0 Å². The maximum absolute atomic E-state index is 12.4. The summed E-state index contributed by atoms with van der Waals surface area (Å²) >= 11 is 0. The SMILES string of the molecule is O=C(NCC(=O)N1CCCC1c1ccncc1)c1ccoc1. The fourth-order valence-corrected chi connectivity index (χ4v) is 2.75. The highest BCUT2D eigenvalue weighted by Gasteiger charge is 2.29. The second kappa shape index (κ2) is 6.43. The topological polar surface area (TPSA) is 75.4 Å². The third kappa shape index (κ3) is 3.00. The Bertz CT molecular complexity index is 640. The number of nitrogens with one attached hydrogen (secondary N) is 1. The van der Waals surface area contributed by atoms with Gasteiger partial charge in [-0.15, -0.1) is 0 Å². The minimum Gasteiger partial charge on any atom is -0.472 e. The Morgan fingerprint density at radius 1 is 1.32 bits per heavy atom. The molecule has 2 aromatic rings. The summed E-state index contributed by atoms with van der Waals surface area (Å²) < 4.78 is 4.86. The number of likely N-dealkylation sites (tertiary alicyclic amines) is 1. The highest BCUT2D eigenvalue weighted by atomic mass is 16.3. The fourth-order valence-electron chi connectivity index (χ4n) is 2.75. The maximum Gasteiger partial charge on any atom is 0.254 e. The molecule has 0 spiro atoms. The van der Waals surface area contributed by atoms with Gasteiger partial charge in [-0.1, -0.05) is 0 Å². The van der Waals surface area contributed by atoms with Gasteiger partial charge in [-0.3, -0.25) is 14.6 Å². The zero-order valence-corrected chi connectivity index (χ0v) is 12.1. The van der Waals surface area contributed by atoms with Crippen LogP contribution in [0.4, 0.5) is 0 Å². The van der Waals surface area contributed by atoms with Gasteiger partial charge < -0.3 is 14.6 Å².